The fourth-order valence-electron chi connectivity index (χ4n) is 3.12. The van der Waals surface area contributed by atoms with Crippen LogP contribution in [0.1, 0.15) is 36.5 Å². The Morgan fingerprint density at radius 2 is 1.44 bits per heavy atom. The minimum Gasteiger partial charge on any atom is -0.457 e. The monoisotopic (exact) mass is 366 g/mol. The van der Waals surface area contributed by atoms with E-state index in [1.807, 2.05) is 52.3 Å². The lowest BCUT2D eigenvalue weighted by atomic mass is 10.1. The fraction of sp³-hybridized carbons (Fsp3) is 0.364. The summed E-state index contributed by atoms with van der Waals surface area (Å²) in [4.78, 5) is 28.5. The highest BCUT2D eigenvalue weighted by atomic mass is 16.5. The molecule has 2 amide bonds. The van der Waals surface area contributed by atoms with E-state index in [2.05, 4.69) is 6.92 Å². The van der Waals surface area contributed by atoms with Gasteiger partial charge in [0.05, 0.1) is 0 Å². The van der Waals surface area contributed by atoms with Gasteiger partial charge in [-0.25, -0.2) is 0 Å². The van der Waals surface area contributed by atoms with Crippen LogP contribution in [0.4, 0.5) is 0 Å². The highest BCUT2D eigenvalue weighted by Gasteiger charge is 2.24. The molecular weight excluding hydrogens is 340 g/mol. The molecule has 0 spiro atoms. The van der Waals surface area contributed by atoms with E-state index in [-0.39, 0.29) is 11.8 Å². The molecule has 0 aromatic heterocycles. The smallest absolute Gasteiger partial charge is 0.253 e. The van der Waals surface area contributed by atoms with Crippen molar-refractivity contribution in [2.75, 3.05) is 26.2 Å². The molecule has 0 aliphatic carbocycles. The van der Waals surface area contributed by atoms with Crippen molar-refractivity contribution in [3.05, 3.63) is 60.2 Å². The van der Waals surface area contributed by atoms with E-state index in [9.17, 15) is 9.59 Å². The van der Waals surface area contributed by atoms with Crippen LogP contribution in [-0.4, -0.2) is 47.8 Å². The van der Waals surface area contributed by atoms with E-state index in [0.29, 0.717) is 43.9 Å². The van der Waals surface area contributed by atoms with Crippen LogP contribution in [0.5, 0.6) is 11.5 Å². The van der Waals surface area contributed by atoms with Gasteiger partial charge in [0.15, 0.2) is 0 Å². The number of ether oxygens (including phenoxy) is 1. The summed E-state index contributed by atoms with van der Waals surface area (Å²) in [6.45, 7) is 4.48. The fourth-order valence-corrected chi connectivity index (χ4v) is 3.12. The van der Waals surface area contributed by atoms with Gasteiger partial charge >= 0.3 is 0 Å². The molecule has 1 heterocycles. The van der Waals surface area contributed by atoms with E-state index in [1.54, 1.807) is 12.1 Å². The Hall–Kier alpha value is -2.82. The summed E-state index contributed by atoms with van der Waals surface area (Å²) >= 11 is 0. The van der Waals surface area contributed by atoms with E-state index < -0.39 is 0 Å². The number of carbonyl (C=O) groups is 2. The van der Waals surface area contributed by atoms with Crippen LogP contribution in [0, 0.1) is 0 Å². The van der Waals surface area contributed by atoms with Gasteiger partial charge < -0.3 is 14.5 Å². The zero-order valence-electron chi connectivity index (χ0n) is 15.8. The summed E-state index contributed by atoms with van der Waals surface area (Å²) < 4.78 is 5.76. The second kappa shape index (κ2) is 9.21. The number of piperazine rings is 1. The van der Waals surface area contributed by atoms with Crippen LogP contribution in [-0.2, 0) is 4.79 Å². The van der Waals surface area contributed by atoms with E-state index in [4.69, 9.17) is 4.74 Å². The lowest BCUT2D eigenvalue weighted by Crippen LogP contribution is -2.50. The first-order valence-electron chi connectivity index (χ1n) is 9.57. The molecule has 0 radical (unpaired) electrons. The Kier molecular flexibility index (Phi) is 6.47. The van der Waals surface area contributed by atoms with Crippen molar-refractivity contribution < 1.29 is 14.3 Å². The third-order valence-electron chi connectivity index (χ3n) is 4.74. The number of hydrogen-bond donors (Lipinski definition) is 0. The van der Waals surface area contributed by atoms with Crippen molar-refractivity contribution in [3.8, 4) is 11.5 Å². The number of nitrogens with zero attached hydrogens (tertiary/aromatic N) is 2. The molecular formula is C22H26N2O3. The SMILES string of the molecule is CCCCC(=O)N1CCN(C(=O)c2ccc(Oc3ccccc3)cc2)CC1. The van der Waals surface area contributed by atoms with E-state index in [0.717, 1.165) is 18.6 Å². The maximum absolute atomic E-state index is 12.7. The summed E-state index contributed by atoms with van der Waals surface area (Å²) in [5, 5.41) is 0. The van der Waals surface area contributed by atoms with Crippen LogP contribution < -0.4 is 4.74 Å². The number of rotatable bonds is 6. The largest absolute Gasteiger partial charge is 0.457 e. The first-order chi connectivity index (χ1) is 13.2. The predicted molar refractivity (Wildman–Crippen MR) is 105 cm³/mol. The van der Waals surface area contributed by atoms with Crippen LogP contribution in [0.3, 0.4) is 0 Å². The molecule has 2 aromatic rings. The molecule has 0 bridgehead atoms. The van der Waals surface area contributed by atoms with Gasteiger partial charge in [0, 0.05) is 38.2 Å². The van der Waals surface area contributed by atoms with Gasteiger partial charge in [0.2, 0.25) is 5.91 Å². The van der Waals surface area contributed by atoms with Crippen LogP contribution in [0.2, 0.25) is 0 Å². The Morgan fingerprint density at radius 1 is 0.852 bits per heavy atom. The molecule has 5 heteroatoms. The van der Waals surface area contributed by atoms with Gasteiger partial charge in [0.1, 0.15) is 11.5 Å². The van der Waals surface area contributed by atoms with Crippen molar-refractivity contribution in [1.29, 1.82) is 0 Å². The lowest BCUT2D eigenvalue weighted by molar-refractivity contribution is -0.132. The molecule has 0 atom stereocenters. The summed E-state index contributed by atoms with van der Waals surface area (Å²) in [6, 6.07) is 16.8. The van der Waals surface area contributed by atoms with Gasteiger partial charge in [-0.15, -0.1) is 0 Å². The molecule has 27 heavy (non-hydrogen) atoms. The summed E-state index contributed by atoms with van der Waals surface area (Å²) in [7, 11) is 0. The molecule has 0 unspecified atom stereocenters. The molecule has 1 fully saturated rings. The number of hydrogen-bond acceptors (Lipinski definition) is 3. The maximum atomic E-state index is 12.7. The minimum absolute atomic E-state index is 0.00178. The van der Waals surface area contributed by atoms with Gasteiger partial charge in [-0.3, -0.25) is 9.59 Å². The van der Waals surface area contributed by atoms with Crippen molar-refractivity contribution >= 4 is 11.8 Å². The van der Waals surface area contributed by atoms with Gasteiger partial charge in [-0.1, -0.05) is 31.5 Å². The summed E-state index contributed by atoms with van der Waals surface area (Å²) in [6.07, 6.45) is 2.55. The number of benzene rings is 2. The van der Waals surface area contributed by atoms with Gasteiger partial charge in [-0.05, 0) is 42.8 Å². The Labute approximate surface area is 160 Å². The third-order valence-corrected chi connectivity index (χ3v) is 4.74. The topological polar surface area (TPSA) is 49.9 Å². The highest BCUT2D eigenvalue weighted by molar-refractivity contribution is 5.94. The van der Waals surface area contributed by atoms with E-state index in [1.165, 1.54) is 0 Å². The number of unbranched alkanes of at least 4 members (excludes halogenated alkanes) is 1. The molecule has 1 aliphatic heterocycles. The van der Waals surface area contributed by atoms with Crippen molar-refractivity contribution in [3.63, 3.8) is 0 Å². The maximum Gasteiger partial charge on any atom is 0.253 e. The zero-order valence-corrected chi connectivity index (χ0v) is 15.8. The lowest BCUT2D eigenvalue weighted by Gasteiger charge is -2.35. The van der Waals surface area contributed by atoms with Crippen molar-refractivity contribution in [2.45, 2.75) is 26.2 Å². The van der Waals surface area contributed by atoms with Crippen LogP contribution in [0.25, 0.3) is 0 Å². The van der Waals surface area contributed by atoms with Gasteiger partial charge in [-0.2, -0.15) is 0 Å². The molecule has 3 rings (SSSR count). The zero-order chi connectivity index (χ0) is 19.1. The molecule has 2 aromatic carbocycles. The molecule has 0 N–H and O–H groups in total. The van der Waals surface area contributed by atoms with Gasteiger partial charge in [0.25, 0.3) is 5.91 Å². The Morgan fingerprint density at radius 3 is 2.07 bits per heavy atom. The van der Waals surface area contributed by atoms with Crippen molar-refractivity contribution in [1.82, 2.24) is 9.80 Å². The molecule has 0 saturated carbocycles. The second-order valence-corrected chi connectivity index (χ2v) is 6.72. The first-order valence-corrected chi connectivity index (χ1v) is 9.57. The van der Waals surface area contributed by atoms with E-state index >= 15 is 0 Å². The molecule has 1 saturated heterocycles. The second-order valence-electron chi connectivity index (χ2n) is 6.72. The van der Waals surface area contributed by atoms with Crippen LogP contribution in [0.15, 0.2) is 54.6 Å². The average Bonchev–Trinajstić information content (AvgIpc) is 2.73. The number of carbonyl (C=O) groups excluding carboxylic acids is 2. The first kappa shape index (κ1) is 19.0. The summed E-state index contributed by atoms with van der Waals surface area (Å²) in [5.41, 5.74) is 0.640. The minimum atomic E-state index is 0.00178. The Bertz CT molecular complexity index is 751. The highest BCUT2D eigenvalue weighted by Crippen LogP contribution is 2.22. The Balaban J connectivity index is 1.53. The number of amides is 2. The van der Waals surface area contributed by atoms with Crippen molar-refractivity contribution in [2.24, 2.45) is 0 Å². The average molecular weight is 366 g/mol. The quantitative estimate of drug-likeness (QED) is 0.778. The standard InChI is InChI=1S/C22H26N2O3/c1-2-3-9-21(25)23-14-16-24(17-15-23)22(26)18-10-12-20(13-11-18)27-19-7-5-4-6-8-19/h4-8,10-13H,2-3,9,14-17H2,1H3. The molecule has 1 aliphatic rings. The summed E-state index contributed by atoms with van der Waals surface area (Å²) in [5.74, 6) is 1.66. The normalized spacial score (nSPS) is 14.1. The number of para-hydroxylation sites is 1. The molecule has 5 nitrogen and oxygen atoms in total. The van der Waals surface area contributed by atoms with Crippen LogP contribution >= 0.6 is 0 Å². The third kappa shape index (κ3) is 5.09. The molecule has 142 valence electrons. The predicted octanol–water partition coefficient (Wildman–Crippen LogP) is 3.95.